The summed E-state index contributed by atoms with van der Waals surface area (Å²) in [6, 6.07) is 14.8. The van der Waals surface area contributed by atoms with Crippen LogP contribution in [0.2, 0.25) is 0 Å². The normalized spacial score (nSPS) is 20.1. The number of pyridine rings is 1. The van der Waals surface area contributed by atoms with Gasteiger partial charge in [0.2, 0.25) is 27.7 Å². The lowest BCUT2D eigenvalue weighted by molar-refractivity contribution is -0.148. The van der Waals surface area contributed by atoms with E-state index in [0.717, 1.165) is 24.8 Å². The number of amides is 4. The van der Waals surface area contributed by atoms with Crippen molar-refractivity contribution in [3.63, 3.8) is 0 Å². The van der Waals surface area contributed by atoms with Gasteiger partial charge in [0.25, 0.3) is 5.91 Å². The van der Waals surface area contributed by atoms with Crippen molar-refractivity contribution in [2.24, 2.45) is 11.3 Å². The maximum absolute atomic E-state index is 14.7. The topological polar surface area (TPSA) is 164 Å². The number of ether oxygens (including phenoxy) is 2. The van der Waals surface area contributed by atoms with Gasteiger partial charge in [-0.3, -0.25) is 23.9 Å². The maximum Gasteiger partial charge on any atom is 0.255 e. The van der Waals surface area contributed by atoms with E-state index >= 15 is 0 Å². The number of piperidine rings is 1. The number of carbonyl (C=O) groups is 4. The number of benzene rings is 2. The highest BCUT2D eigenvalue weighted by molar-refractivity contribution is 7.90. The Bertz CT molecular complexity index is 2010. The summed E-state index contributed by atoms with van der Waals surface area (Å²) in [5.41, 5.74) is 1.55. The molecule has 3 aliphatic rings. The molecule has 14 heteroatoms. The second-order valence-electron chi connectivity index (χ2n) is 16.0. The van der Waals surface area contributed by atoms with Crippen LogP contribution in [0.15, 0.2) is 54.6 Å². The van der Waals surface area contributed by atoms with E-state index in [4.69, 9.17) is 14.5 Å². The molecule has 1 aliphatic carbocycles. The van der Waals surface area contributed by atoms with Crippen LogP contribution in [0.5, 0.6) is 11.5 Å². The molecule has 0 radical (unpaired) electrons. The van der Waals surface area contributed by atoms with Crippen molar-refractivity contribution >= 4 is 44.6 Å². The van der Waals surface area contributed by atoms with Gasteiger partial charge in [-0.1, -0.05) is 58.0 Å². The van der Waals surface area contributed by atoms with Crippen LogP contribution in [0.25, 0.3) is 22.2 Å². The number of carbonyl (C=O) groups excluding carboxylic acids is 4. The predicted octanol–water partition coefficient (Wildman–Crippen LogP) is 4.83. The van der Waals surface area contributed by atoms with Crippen LogP contribution in [-0.4, -0.2) is 97.0 Å². The zero-order valence-corrected chi connectivity index (χ0v) is 33.2. The zero-order valence-electron chi connectivity index (χ0n) is 32.4. The molecule has 4 amide bonds. The van der Waals surface area contributed by atoms with Gasteiger partial charge in [0.15, 0.2) is 0 Å². The summed E-state index contributed by atoms with van der Waals surface area (Å²) in [5.74, 6) is -1.48. The summed E-state index contributed by atoms with van der Waals surface area (Å²) in [6.45, 7) is 8.77. The molecule has 0 bridgehead atoms. The van der Waals surface area contributed by atoms with Crippen LogP contribution in [0, 0.1) is 11.3 Å². The number of likely N-dealkylation sites (tertiary alicyclic amines) is 2. The molecule has 3 heterocycles. The molecular weight excluding hydrogens is 723 g/mol. The fourth-order valence-electron chi connectivity index (χ4n) is 7.42. The van der Waals surface area contributed by atoms with E-state index in [1.54, 1.807) is 14.0 Å². The van der Waals surface area contributed by atoms with Crippen LogP contribution in [0.3, 0.4) is 0 Å². The minimum atomic E-state index is -3.84. The Morgan fingerprint density at radius 1 is 0.982 bits per heavy atom. The summed E-state index contributed by atoms with van der Waals surface area (Å²) < 4.78 is 39.5. The Labute approximate surface area is 323 Å². The van der Waals surface area contributed by atoms with Crippen molar-refractivity contribution in [2.45, 2.75) is 102 Å². The van der Waals surface area contributed by atoms with E-state index in [2.05, 4.69) is 10.0 Å². The smallest absolute Gasteiger partial charge is 0.255 e. The fraction of sp³-hybridized carbons (Fsp3) is 0.537. The summed E-state index contributed by atoms with van der Waals surface area (Å²) >= 11 is 0. The van der Waals surface area contributed by atoms with Gasteiger partial charge in [0.05, 0.1) is 36.0 Å². The minimum absolute atomic E-state index is 0.00499. The predicted molar refractivity (Wildman–Crippen MR) is 209 cm³/mol. The van der Waals surface area contributed by atoms with Crippen LogP contribution in [-0.2, 0) is 29.2 Å². The van der Waals surface area contributed by atoms with Crippen LogP contribution in [0.1, 0.15) is 79.1 Å². The van der Waals surface area contributed by atoms with Crippen molar-refractivity contribution in [3.8, 4) is 22.8 Å². The van der Waals surface area contributed by atoms with Gasteiger partial charge in [-0.05, 0) is 56.1 Å². The number of methoxy groups -OCH3 is 1. The number of nitrogens with zero attached hydrogens (tertiary/aromatic N) is 3. The third-order valence-electron chi connectivity index (χ3n) is 10.9. The molecule has 2 saturated heterocycles. The van der Waals surface area contributed by atoms with Crippen molar-refractivity contribution < 1.29 is 37.1 Å². The van der Waals surface area contributed by atoms with Crippen molar-refractivity contribution in [1.82, 2.24) is 24.8 Å². The Balaban J connectivity index is 1.31. The van der Waals surface area contributed by atoms with E-state index in [9.17, 15) is 27.6 Å². The number of fused-ring (bicyclic) bond motifs is 1. The number of hydrogen-bond donors (Lipinski definition) is 2. The molecule has 55 heavy (non-hydrogen) atoms. The standard InChI is InChI=1S/C41H53N5O8S/c1-6-32(38(48)44-55(51,52)29-16-17-29)43-39(49)35-22-28(25-46(35)40(50)31(41(2,3)4)23-37(47)45-19-11-8-12-20-45)54-36-24-33(26-13-9-7-10-14-26)42-34-21-27(53-5)15-18-30(34)36/h7,9-10,13-15,18,21,24,28-29,31-32,35H,6,8,11-12,16-17,19-20,22-23,25H2,1-5H3,(H,43,49)(H,44,48)/t28-,31-,32-,35+/m1/s1. The molecule has 2 aliphatic heterocycles. The summed E-state index contributed by atoms with van der Waals surface area (Å²) in [6.07, 6.45) is 3.42. The van der Waals surface area contributed by atoms with Gasteiger partial charge in [0, 0.05) is 49.0 Å². The lowest BCUT2D eigenvalue weighted by atomic mass is 9.77. The molecule has 1 aromatic heterocycles. The molecule has 2 aromatic carbocycles. The third kappa shape index (κ3) is 9.40. The van der Waals surface area contributed by atoms with Crippen molar-refractivity contribution in [1.29, 1.82) is 0 Å². The Morgan fingerprint density at radius 2 is 1.69 bits per heavy atom. The molecule has 3 fully saturated rings. The highest BCUT2D eigenvalue weighted by Crippen LogP contribution is 2.37. The molecule has 2 N–H and O–H groups in total. The highest BCUT2D eigenvalue weighted by atomic mass is 32.2. The van der Waals surface area contributed by atoms with Gasteiger partial charge in [0.1, 0.15) is 29.7 Å². The summed E-state index contributed by atoms with van der Waals surface area (Å²) in [5, 5.41) is 2.84. The largest absolute Gasteiger partial charge is 0.497 e. The van der Waals surface area contributed by atoms with Crippen molar-refractivity contribution in [3.05, 3.63) is 54.6 Å². The first-order valence-corrected chi connectivity index (χ1v) is 20.9. The summed E-state index contributed by atoms with van der Waals surface area (Å²) in [7, 11) is -2.26. The van der Waals surface area contributed by atoms with Gasteiger partial charge in [-0.2, -0.15) is 0 Å². The Kier molecular flexibility index (Phi) is 12.0. The molecule has 0 unspecified atom stereocenters. The van der Waals surface area contributed by atoms with E-state index < -0.39 is 56.6 Å². The number of aromatic nitrogens is 1. The lowest BCUT2D eigenvalue weighted by Crippen LogP contribution is -2.55. The van der Waals surface area contributed by atoms with Gasteiger partial charge < -0.3 is 24.6 Å². The molecule has 4 atom stereocenters. The van der Waals surface area contributed by atoms with E-state index in [1.807, 2.05) is 80.3 Å². The minimum Gasteiger partial charge on any atom is -0.497 e. The average molecular weight is 776 g/mol. The molecule has 1 saturated carbocycles. The molecule has 3 aromatic rings. The molecule has 0 spiro atoms. The van der Waals surface area contributed by atoms with Crippen LogP contribution < -0.4 is 19.5 Å². The molecular formula is C41H53N5O8S. The SMILES string of the molecule is CC[C@@H](NC(=O)[C@@H]1C[C@@H](Oc2cc(-c3ccccc3)nc3cc(OC)ccc23)CN1C(=O)[C@@H](CC(=O)N1CCCCC1)C(C)(C)C)C(=O)NS(=O)(=O)C1CC1. The van der Waals surface area contributed by atoms with E-state index in [1.165, 1.54) is 4.90 Å². The van der Waals surface area contributed by atoms with Crippen LogP contribution in [0.4, 0.5) is 0 Å². The maximum atomic E-state index is 14.7. The van der Waals surface area contributed by atoms with E-state index in [0.29, 0.717) is 54.0 Å². The van der Waals surface area contributed by atoms with Crippen LogP contribution >= 0.6 is 0 Å². The van der Waals surface area contributed by atoms with E-state index in [-0.39, 0.29) is 37.6 Å². The number of hydrogen-bond acceptors (Lipinski definition) is 9. The second-order valence-corrected chi connectivity index (χ2v) is 17.9. The Hall–Kier alpha value is -4.72. The zero-order chi connectivity index (χ0) is 39.5. The summed E-state index contributed by atoms with van der Waals surface area (Å²) in [4.78, 5) is 63.9. The number of sulfonamides is 1. The third-order valence-corrected chi connectivity index (χ3v) is 12.7. The van der Waals surface area contributed by atoms with Gasteiger partial charge in [-0.25, -0.2) is 13.4 Å². The highest BCUT2D eigenvalue weighted by Gasteiger charge is 2.47. The number of nitrogens with one attached hydrogen (secondary N) is 2. The van der Waals surface area contributed by atoms with Crippen molar-refractivity contribution in [2.75, 3.05) is 26.7 Å². The monoisotopic (exact) mass is 775 g/mol. The first-order chi connectivity index (χ1) is 26.2. The lowest BCUT2D eigenvalue weighted by Gasteiger charge is -2.36. The molecule has 13 nitrogen and oxygen atoms in total. The Morgan fingerprint density at radius 3 is 2.33 bits per heavy atom. The first-order valence-electron chi connectivity index (χ1n) is 19.3. The molecule has 296 valence electrons. The first kappa shape index (κ1) is 40.0. The quantitative estimate of drug-likeness (QED) is 0.248. The second kappa shape index (κ2) is 16.6. The van der Waals surface area contributed by atoms with Gasteiger partial charge >= 0.3 is 0 Å². The number of rotatable bonds is 13. The van der Waals surface area contributed by atoms with Gasteiger partial charge in [-0.15, -0.1) is 0 Å². The fourth-order valence-corrected chi connectivity index (χ4v) is 8.76. The average Bonchev–Trinajstić information content (AvgIpc) is 3.96. The molecule has 6 rings (SSSR count).